The summed E-state index contributed by atoms with van der Waals surface area (Å²) >= 11 is 1.59. The molecule has 0 saturated carbocycles. The molecule has 0 unspecified atom stereocenters. The minimum atomic E-state index is -0.223. The van der Waals surface area contributed by atoms with E-state index in [-0.39, 0.29) is 5.82 Å². The third-order valence-electron chi connectivity index (χ3n) is 4.02. The number of hydrogen-bond acceptors (Lipinski definition) is 3. The minimum Gasteiger partial charge on any atom is -0.377 e. The van der Waals surface area contributed by atoms with E-state index in [1.54, 1.807) is 17.4 Å². The van der Waals surface area contributed by atoms with Crippen LogP contribution in [0.1, 0.15) is 5.56 Å². The highest BCUT2D eigenvalue weighted by Gasteiger charge is 2.12. The fourth-order valence-electron chi connectivity index (χ4n) is 2.82. The Morgan fingerprint density at radius 1 is 0.960 bits per heavy atom. The number of halogens is 1. The third kappa shape index (κ3) is 4.09. The van der Waals surface area contributed by atoms with Gasteiger partial charge in [0.1, 0.15) is 5.82 Å². The summed E-state index contributed by atoms with van der Waals surface area (Å²) in [5.74, 6) is -0.223. The first-order valence-corrected chi connectivity index (χ1v) is 8.98. The molecule has 0 amide bonds. The summed E-state index contributed by atoms with van der Waals surface area (Å²) in [7, 11) is 7.99. The van der Waals surface area contributed by atoms with Crippen LogP contribution in [0.3, 0.4) is 0 Å². The number of thiophene rings is 1. The average molecular weight is 353 g/mol. The molecule has 0 aliphatic rings. The van der Waals surface area contributed by atoms with Crippen molar-refractivity contribution in [2.24, 2.45) is 0 Å². The van der Waals surface area contributed by atoms with Crippen molar-refractivity contribution in [3.63, 3.8) is 0 Å². The van der Waals surface area contributed by atoms with Gasteiger partial charge >= 0.3 is 0 Å². The standard InChI is InChI=1S/C21H22FN2S/c1-23(2)13-15-5-7-16(8-6-15)21-11-17(14-25-21)19-10-9-18(22)12-20(19)24(3)4/h5-12H,13H2,1-4H3. The second-order valence-electron chi connectivity index (χ2n) is 6.62. The lowest BCUT2D eigenvalue weighted by Gasteiger charge is -2.16. The lowest BCUT2D eigenvalue weighted by molar-refractivity contribution is 0.402. The maximum absolute atomic E-state index is 13.6. The smallest absolute Gasteiger partial charge is 0.125 e. The van der Waals surface area contributed by atoms with E-state index in [1.807, 2.05) is 25.1 Å². The summed E-state index contributed by atoms with van der Waals surface area (Å²) in [6, 6.07) is 15.7. The second-order valence-corrected chi connectivity index (χ2v) is 7.47. The van der Waals surface area contributed by atoms with E-state index in [2.05, 4.69) is 54.7 Å². The van der Waals surface area contributed by atoms with Crippen LogP contribution in [-0.4, -0.2) is 33.1 Å². The van der Waals surface area contributed by atoms with Gasteiger partial charge in [-0.3, -0.25) is 0 Å². The van der Waals surface area contributed by atoms with Gasteiger partial charge in [-0.2, -0.15) is 0 Å². The van der Waals surface area contributed by atoms with Crippen LogP contribution in [0.2, 0.25) is 0 Å². The Balaban J connectivity index is 1.90. The van der Waals surface area contributed by atoms with Crippen molar-refractivity contribution in [1.82, 2.24) is 4.90 Å². The molecule has 0 saturated heterocycles. The highest BCUT2D eigenvalue weighted by atomic mass is 32.1. The van der Waals surface area contributed by atoms with Crippen LogP contribution in [0.25, 0.3) is 21.6 Å². The Morgan fingerprint density at radius 2 is 1.68 bits per heavy atom. The monoisotopic (exact) mass is 353 g/mol. The van der Waals surface area contributed by atoms with Gasteiger partial charge in [0, 0.05) is 42.3 Å². The molecule has 2 aromatic carbocycles. The van der Waals surface area contributed by atoms with Gasteiger partial charge in [-0.05, 0) is 49.5 Å². The van der Waals surface area contributed by atoms with Crippen LogP contribution < -0.4 is 4.90 Å². The molecule has 1 radical (unpaired) electrons. The van der Waals surface area contributed by atoms with E-state index in [0.29, 0.717) is 0 Å². The molecular weight excluding hydrogens is 331 g/mol. The van der Waals surface area contributed by atoms with Gasteiger partial charge in [0.15, 0.2) is 0 Å². The van der Waals surface area contributed by atoms with Crippen molar-refractivity contribution in [1.29, 1.82) is 0 Å². The first-order chi connectivity index (χ1) is 11.9. The summed E-state index contributed by atoms with van der Waals surface area (Å²) in [5, 5.41) is 3.37. The number of hydrogen-bond donors (Lipinski definition) is 0. The van der Waals surface area contributed by atoms with Gasteiger partial charge in [0.2, 0.25) is 0 Å². The number of anilines is 1. The Labute approximate surface area is 153 Å². The Bertz CT molecular complexity index is 851. The molecule has 1 aromatic heterocycles. The van der Waals surface area contributed by atoms with Crippen LogP contribution in [0, 0.1) is 11.2 Å². The van der Waals surface area contributed by atoms with E-state index in [0.717, 1.165) is 23.4 Å². The highest BCUT2D eigenvalue weighted by Crippen LogP contribution is 2.36. The molecule has 3 aromatic rings. The normalized spacial score (nSPS) is 11.1. The topological polar surface area (TPSA) is 6.48 Å². The van der Waals surface area contributed by atoms with Crippen LogP contribution in [-0.2, 0) is 6.54 Å². The minimum absolute atomic E-state index is 0.223. The summed E-state index contributed by atoms with van der Waals surface area (Å²) in [6.45, 7) is 0.934. The average Bonchev–Trinajstić information content (AvgIpc) is 3.04. The highest BCUT2D eigenvalue weighted by molar-refractivity contribution is 7.13. The van der Waals surface area contributed by atoms with Crippen molar-refractivity contribution in [2.75, 3.05) is 33.1 Å². The van der Waals surface area contributed by atoms with Gasteiger partial charge in [0.25, 0.3) is 0 Å². The molecule has 0 aliphatic heterocycles. The molecule has 0 bridgehead atoms. The van der Waals surface area contributed by atoms with Crippen LogP contribution in [0.4, 0.5) is 10.1 Å². The summed E-state index contributed by atoms with van der Waals surface area (Å²) in [4.78, 5) is 5.25. The zero-order valence-electron chi connectivity index (χ0n) is 15.0. The van der Waals surface area contributed by atoms with Gasteiger partial charge < -0.3 is 9.80 Å². The lowest BCUT2D eigenvalue weighted by Crippen LogP contribution is -2.10. The predicted octanol–water partition coefficient (Wildman–Crippen LogP) is 5.15. The van der Waals surface area contributed by atoms with Crippen molar-refractivity contribution in [3.05, 3.63) is 65.3 Å². The molecule has 0 N–H and O–H groups in total. The number of rotatable bonds is 5. The quantitative estimate of drug-likeness (QED) is 0.626. The fraction of sp³-hybridized carbons (Fsp3) is 0.238. The molecule has 129 valence electrons. The molecule has 4 heteroatoms. The first kappa shape index (κ1) is 17.6. The fourth-order valence-corrected chi connectivity index (χ4v) is 3.64. The van der Waals surface area contributed by atoms with E-state index in [4.69, 9.17) is 0 Å². The van der Waals surface area contributed by atoms with Crippen molar-refractivity contribution >= 4 is 17.0 Å². The van der Waals surface area contributed by atoms with Crippen LogP contribution in [0.5, 0.6) is 0 Å². The zero-order valence-corrected chi connectivity index (χ0v) is 15.8. The number of benzene rings is 2. The first-order valence-electron chi connectivity index (χ1n) is 8.17. The van der Waals surface area contributed by atoms with Gasteiger partial charge in [-0.25, -0.2) is 4.39 Å². The van der Waals surface area contributed by atoms with E-state index >= 15 is 0 Å². The Morgan fingerprint density at radius 3 is 2.32 bits per heavy atom. The van der Waals surface area contributed by atoms with Gasteiger partial charge in [-0.1, -0.05) is 24.3 Å². The summed E-state index contributed by atoms with van der Waals surface area (Å²) in [6.07, 6.45) is 0. The van der Waals surface area contributed by atoms with E-state index in [9.17, 15) is 4.39 Å². The molecule has 0 atom stereocenters. The lowest BCUT2D eigenvalue weighted by atomic mass is 10.0. The summed E-state index contributed by atoms with van der Waals surface area (Å²) < 4.78 is 13.6. The largest absolute Gasteiger partial charge is 0.377 e. The SMILES string of the molecule is CN(C)Cc1ccc(-c2cc(-c3ccc(F)cc3N(C)C)[c]s2)cc1. The van der Waals surface area contributed by atoms with Crippen molar-refractivity contribution < 1.29 is 4.39 Å². The molecule has 3 rings (SSSR count). The van der Waals surface area contributed by atoms with Gasteiger partial charge in [-0.15, -0.1) is 11.3 Å². The van der Waals surface area contributed by atoms with E-state index < -0.39 is 0 Å². The molecule has 2 nitrogen and oxygen atoms in total. The molecule has 0 spiro atoms. The van der Waals surface area contributed by atoms with Crippen LogP contribution in [0.15, 0.2) is 48.5 Å². The van der Waals surface area contributed by atoms with Crippen molar-refractivity contribution in [2.45, 2.75) is 6.54 Å². The molecule has 25 heavy (non-hydrogen) atoms. The maximum atomic E-state index is 13.6. The zero-order chi connectivity index (χ0) is 18.0. The van der Waals surface area contributed by atoms with Crippen LogP contribution >= 0.6 is 11.3 Å². The van der Waals surface area contributed by atoms with Gasteiger partial charge in [0.05, 0.1) is 5.38 Å². The summed E-state index contributed by atoms with van der Waals surface area (Å²) in [5.41, 5.74) is 5.34. The van der Waals surface area contributed by atoms with Crippen molar-refractivity contribution in [3.8, 4) is 21.6 Å². The molecule has 0 aliphatic carbocycles. The maximum Gasteiger partial charge on any atom is 0.125 e. The Hall–Kier alpha value is -2.17. The predicted molar refractivity (Wildman–Crippen MR) is 106 cm³/mol. The molecule has 1 heterocycles. The van der Waals surface area contributed by atoms with E-state index in [1.165, 1.54) is 22.1 Å². The Kier molecular flexibility index (Phi) is 5.21. The molecular formula is C21H22FN2S. The number of nitrogens with zero attached hydrogens (tertiary/aromatic N) is 2. The third-order valence-corrected chi connectivity index (χ3v) is 4.91. The second kappa shape index (κ2) is 7.38. The molecule has 0 fully saturated rings.